The standard InChI is InChI=1S/C17H30N2O3/c1-5-11-17(2,3)15(18-12-14(20)22-4)16(21)19-13-9-7-6-8-10-13/h5,13,15,18H,1,6-12H2,2-4H3,(H,19,21). The molecule has 22 heavy (non-hydrogen) atoms. The van der Waals surface area contributed by atoms with Gasteiger partial charge in [0.25, 0.3) is 0 Å². The number of esters is 1. The predicted molar refractivity (Wildman–Crippen MR) is 87.4 cm³/mol. The molecule has 1 rings (SSSR count). The van der Waals surface area contributed by atoms with Gasteiger partial charge in [-0.2, -0.15) is 0 Å². The molecule has 1 fully saturated rings. The molecule has 2 N–H and O–H groups in total. The number of allylic oxidation sites excluding steroid dienone is 1. The topological polar surface area (TPSA) is 67.4 Å². The Hall–Kier alpha value is -1.36. The Bertz CT molecular complexity index is 387. The van der Waals surface area contributed by atoms with Crippen molar-refractivity contribution in [1.82, 2.24) is 10.6 Å². The van der Waals surface area contributed by atoms with E-state index in [0.717, 1.165) is 12.8 Å². The SMILES string of the molecule is C=CCC(C)(C)C(NCC(=O)OC)C(=O)NC1CCCCC1. The van der Waals surface area contributed by atoms with Crippen molar-refractivity contribution in [2.75, 3.05) is 13.7 Å². The molecule has 0 aromatic heterocycles. The number of ether oxygens (including phenoxy) is 1. The monoisotopic (exact) mass is 310 g/mol. The van der Waals surface area contributed by atoms with Crippen LogP contribution < -0.4 is 10.6 Å². The molecule has 0 aliphatic heterocycles. The quantitative estimate of drug-likeness (QED) is 0.532. The number of hydrogen-bond donors (Lipinski definition) is 2. The molecule has 126 valence electrons. The first kappa shape index (κ1) is 18.7. The number of methoxy groups -OCH3 is 1. The van der Waals surface area contributed by atoms with Crippen LogP contribution in [0.25, 0.3) is 0 Å². The Morgan fingerprint density at radius 3 is 2.50 bits per heavy atom. The molecule has 1 aliphatic rings. The molecule has 0 spiro atoms. The molecule has 0 aromatic rings. The fourth-order valence-electron chi connectivity index (χ4n) is 3.00. The summed E-state index contributed by atoms with van der Waals surface area (Å²) in [4.78, 5) is 24.1. The molecule has 0 aromatic carbocycles. The minimum absolute atomic E-state index is 0.0276. The van der Waals surface area contributed by atoms with E-state index in [1.807, 2.05) is 13.8 Å². The zero-order valence-electron chi connectivity index (χ0n) is 14.1. The Balaban J connectivity index is 2.71. The lowest BCUT2D eigenvalue weighted by Gasteiger charge is -2.35. The second-order valence-electron chi connectivity index (χ2n) is 6.71. The van der Waals surface area contributed by atoms with Gasteiger partial charge in [0.2, 0.25) is 5.91 Å². The third-order valence-electron chi connectivity index (χ3n) is 4.34. The van der Waals surface area contributed by atoms with Gasteiger partial charge in [-0.3, -0.25) is 14.9 Å². The van der Waals surface area contributed by atoms with Gasteiger partial charge in [0.15, 0.2) is 0 Å². The van der Waals surface area contributed by atoms with Crippen LogP contribution in [0.15, 0.2) is 12.7 Å². The van der Waals surface area contributed by atoms with Crippen molar-refractivity contribution >= 4 is 11.9 Å². The van der Waals surface area contributed by atoms with E-state index in [0.29, 0.717) is 6.42 Å². The van der Waals surface area contributed by atoms with Crippen molar-refractivity contribution < 1.29 is 14.3 Å². The number of amides is 1. The van der Waals surface area contributed by atoms with Gasteiger partial charge < -0.3 is 10.1 Å². The van der Waals surface area contributed by atoms with E-state index in [9.17, 15) is 9.59 Å². The van der Waals surface area contributed by atoms with Crippen molar-refractivity contribution in [3.05, 3.63) is 12.7 Å². The van der Waals surface area contributed by atoms with Crippen molar-refractivity contribution in [1.29, 1.82) is 0 Å². The summed E-state index contributed by atoms with van der Waals surface area (Å²) in [5.41, 5.74) is -0.325. The minimum Gasteiger partial charge on any atom is -0.468 e. The second kappa shape index (κ2) is 8.93. The van der Waals surface area contributed by atoms with E-state index < -0.39 is 6.04 Å². The molecule has 0 radical (unpaired) electrons. The van der Waals surface area contributed by atoms with Gasteiger partial charge in [0, 0.05) is 6.04 Å². The van der Waals surface area contributed by atoms with Crippen LogP contribution >= 0.6 is 0 Å². The molecule has 1 unspecified atom stereocenters. The lowest BCUT2D eigenvalue weighted by Crippen LogP contribution is -2.55. The van der Waals surface area contributed by atoms with Gasteiger partial charge in [-0.1, -0.05) is 39.2 Å². The molecular weight excluding hydrogens is 280 g/mol. The van der Waals surface area contributed by atoms with Gasteiger partial charge in [0.05, 0.1) is 19.7 Å². The smallest absolute Gasteiger partial charge is 0.319 e. The first-order valence-electron chi connectivity index (χ1n) is 8.12. The van der Waals surface area contributed by atoms with Crippen LogP contribution in [-0.2, 0) is 14.3 Å². The van der Waals surface area contributed by atoms with Crippen molar-refractivity contribution in [2.45, 2.75) is 64.5 Å². The lowest BCUT2D eigenvalue weighted by atomic mass is 9.80. The molecule has 1 amide bonds. The average Bonchev–Trinajstić information content (AvgIpc) is 2.47. The van der Waals surface area contributed by atoms with Gasteiger partial charge in [0.1, 0.15) is 0 Å². The maximum Gasteiger partial charge on any atom is 0.319 e. The molecular formula is C17H30N2O3. The van der Waals surface area contributed by atoms with Crippen LogP contribution in [0.2, 0.25) is 0 Å². The van der Waals surface area contributed by atoms with Crippen molar-refractivity contribution in [3.8, 4) is 0 Å². The molecule has 1 atom stereocenters. The minimum atomic E-state index is -0.452. The number of carbonyl (C=O) groups is 2. The normalized spacial score (nSPS) is 17.6. The Morgan fingerprint density at radius 1 is 1.32 bits per heavy atom. The molecule has 1 aliphatic carbocycles. The fraction of sp³-hybridized carbons (Fsp3) is 0.765. The fourth-order valence-corrected chi connectivity index (χ4v) is 3.00. The summed E-state index contributed by atoms with van der Waals surface area (Å²) in [5, 5.41) is 6.19. The van der Waals surface area contributed by atoms with Crippen LogP contribution in [-0.4, -0.2) is 37.6 Å². The van der Waals surface area contributed by atoms with Crippen LogP contribution in [0.5, 0.6) is 0 Å². The summed E-state index contributed by atoms with van der Waals surface area (Å²) in [6.45, 7) is 7.80. The first-order valence-corrected chi connectivity index (χ1v) is 8.12. The van der Waals surface area contributed by atoms with Gasteiger partial charge in [-0.15, -0.1) is 6.58 Å². The number of rotatable bonds is 8. The maximum absolute atomic E-state index is 12.7. The number of nitrogens with one attached hydrogen (secondary N) is 2. The summed E-state index contributed by atoms with van der Waals surface area (Å²) in [7, 11) is 1.34. The highest BCUT2D eigenvalue weighted by atomic mass is 16.5. The summed E-state index contributed by atoms with van der Waals surface area (Å²) >= 11 is 0. The molecule has 0 saturated heterocycles. The highest BCUT2D eigenvalue weighted by molar-refractivity contribution is 5.83. The van der Waals surface area contributed by atoms with Gasteiger partial charge >= 0.3 is 5.97 Å². The molecule has 5 nitrogen and oxygen atoms in total. The Labute approximate surface area is 133 Å². The summed E-state index contributed by atoms with van der Waals surface area (Å²) in [5.74, 6) is -0.410. The zero-order chi connectivity index (χ0) is 16.6. The van der Waals surface area contributed by atoms with Crippen molar-refractivity contribution in [3.63, 3.8) is 0 Å². The summed E-state index contributed by atoms with van der Waals surface area (Å²) in [6.07, 6.45) is 8.15. The highest BCUT2D eigenvalue weighted by Gasteiger charge is 2.35. The Morgan fingerprint density at radius 2 is 1.95 bits per heavy atom. The van der Waals surface area contributed by atoms with E-state index in [-0.39, 0.29) is 29.9 Å². The van der Waals surface area contributed by atoms with Gasteiger partial charge in [-0.25, -0.2) is 0 Å². The number of carbonyl (C=O) groups excluding carboxylic acids is 2. The van der Waals surface area contributed by atoms with Crippen LogP contribution in [0.4, 0.5) is 0 Å². The van der Waals surface area contributed by atoms with E-state index in [4.69, 9.17) is 0 Å². The molecule has 0 heterocycles. The lowest BCUT2D eigenvalue weighted by molar-refractivity contribution is -0.140. The highest BCUT2D eigenvalue weighted by Crippen LogP contribution is 2.27. The number of hydrogen-bond acceptors (Lipinski definition) is 4. The zero-order valence-corrected chi connectivity index (χ0v) is 14.1. The van der Waals surface area contributed by atoms with Crippen LogP contribution in [0, 0.1) is 5.41 Å². The first-order chi connectivity index (χ1) is 10.4. The Kier molecular flexibility index (Phi) is 7.59. The molecule has 0 bridgehead atoms. The average molecular weight is 310 g/mol. The van der Waals surface area contributed by atoms with Crippen LogP contribution in [0.1, 0.15) is 52.4 Å². The van der Waals surface area contributed by atoms with Crippen molar-refractivity contribution in [2.24, 2.45) is 5.41 Å². The predicted octanol–water partition coefficient (Wildman–Crippen LogP) is 2.17. The summed E-state index contributed by atoms with van der Waals surface area (Å²) in [6, 6.07) is -0.199. The molecule has 5 heteroatoms. The molecule has 1 saturated carbocycles. The van der Waals surface area contributed by atoms with Gasteiger partial charge in [-0.05, 0) is 24.7 Å². The van der Waals surface area contributed by atoms with E-state index in [1.165, 1.54) is 26.4 Å². The maximum atomic E-state index is 12.7. The third kappa shape index (κ3) is 5.79. The third-order valence-corrected chi connectivity index (χ3v) is 4.34. The van der Waals surface area contributed by atoms with E-state index in [1.54, 1.807) is 6.08 Å². The summed E-state index contributed by atoms with van der Waals surface area (Å²) < 4.78 is 4.65. The van der Waals surface area contributed by atoms with E-state index >= 15 is 0 Å². The largest absolute Gasteiger partial charge is 0.468 e. The van der Waals surface area contributed by atoms with E-state index in [2.05, 4.69) is 21.9 Å². The second-order valence-corrected chi connectivity index (χ2v) is 6.71. The van der Waals surface area contributed by atoms with Crippen LogP contribution in [0.3, 0.4) is 0 Å².